The summed E-state index contributed by atoms with van der Waals surface area (Å²) in [4.78, 5) is 29.1. The quantitative estimate of drug-likeness (QED) is 0.465. The molecule has 0 saturated heterocycles. The number of pyridine rings is 1. The fraction of sp³-hybridized carbons (Fsp3) is 0.261. The second-order valence-corrected chi connectivity index (χ2v) is 8.23. The van der Waals surface area contributed by atoms with E-state index >= 15 is 0 Å². The van der Waals surface area contributed by atoms with Crippen LogP contribution in [0.15, 0.2) is 34.9 Å². The van der Waals surface area contributed by atoms with Crippen LogP contribution in [-0.4, -0.2) is 31.7 Å². The van der Waals surface area contributed by atoms with E-state index in [4.69, 9.17) is 10.3 Å². The van der Waals surface area contributed by atoms with E-state index in [1.165, 1.54) is 18.2 Å². The number of amides is 2. The Labute approximate surface area is 187 Å². The molecule has 0 spiro atoms. The molecule has 0 aliphatic heterocycles. The maximum atomic E-state index is 13.7. The molecule has 1 aliphatic carbocycles. The van der Waals surface area contributed by atoms with E-state index in [0.717, 1.165) is 36.1 Å². The van der Waals surface area contributed by atoms with Crippen molar-refractivity contribution in [3.8, 4) is 0 Å². The highest BCUT2D eigenvalue weighted by Gasteiger charge is 2.28. The number of carbonyl (C=O) groups excluding carboxylic acids is 2. The number of halogens is 1. The van der Waals surface area contributed by atoms with Gasteiger partial charge in [0.15, 0.2) is 0 Å². The van der Waals surface area contributed by atoms with Crippen LogP contribution in [0.2, 0.25) is 0 Å². The Morgan fingerprint density at radius 1 is 1.24 bits per heavy atom. The van der Waals surface area contributed by atoms with Crippen LogP contribution in [0.1, 0.15) is 62.4 Å². The molecule has 0 radical (unpaired) electrons. The molecule has 0 unspecified atom stereocenters. The molecule has 9 nitrogen and oxygen atoms in total. The monoisotopic (exact) mass is 448 g/mol. The Kier molecular flexibility index (Phi) is 4.92. The first-order chi connectivity index (χ1) is 15.8. The third kappa shape index (κ3) is 3.95. The first-order valence-corrected chi connectivity index (χ1v) is 10.5. The van der Waals surface area contributed by atoms with Gasteiger partial charge in [-0.15, -0.1) is 0 Å². The highest BCUT2D eigenvalue weighted by Crippen LogP contribution is 2.40. The van der Waals surface area contributed by atoms with Crippen molar-refractivity contribution < 1.29 is 18.5 Å². The van der Waals surface area contributed by atoms with Gasteiger partial charge < -0.3 is 15.6 Å². The topological polar surface area (TPSA) is 129 Å². The van der Waals surface area contributed by atoms with Crippen molar-refractivity contribution in [3.05, 3.63) is 70.2 Å². The minimum Gasteiger partial charge on any atom is -0.366 e. The second kappa shape index (κ2) is 7.80. The molecule has 1 aromatic carbocycles. The first-order valence-electron chi connectivity index (χ1n) is 10.5. The largest absolute Gasteiger partial charge is 0.366 e. The fourth-order valence-electron chi connectivity index (χ4n) is 3.85. The summed E-state index contributed by atoms with van der Waals surface area (Å²) in [7, 11) is 0. The summed E-state index contributed by atoms with van der Waals surface area (Å²) in [5.41, 5.74) is 8.27. The van der Waals surface area contributed by atoms with Crippen LogP contribution in [-0.2, 0) is 6.54 Å². The van der Waals surface area contributed by atoms with Gasteiger partial charge in [-0.1, -0.05) is 5.16 Å². The van der Waals surface area contributed by atoms with E-state index in [0.29, 0.717) is 29.2 Å². The molecular weight excluding hydrogens is 427 g/mol. The van der Waals surface area contributed by atoms with Gasteiger partial charge in [-0.05, 0) is 44.9 Å². The average molecular weight is 448 g/mol. The lowest BCUT2D eigenvalue weighted by molar-refractivity contribution is 0.100. The molecule has 5 rings (SSSR count). The number of aromatic nitrogens is 4. The highest BCUT2D eigenvalue weighted by molar-refractivity contribution is 6.10. The zero-order valence-corrected chi connectivity index (χ0v) is 18.1. The van der Waals surface area contributed by atoms with E-state index in [9.17, 15) is 14.0 Å². The van der Waals surface area contributed by atoms with Gasteiger partial charge in [0.1, 0.15) is 23.0 Å². The summed E-state index contributed by atoms with van der Waals surface area (Å²) < 4.78 is 20.8. The third-order valence-electron chi connectivity index (χ3n) is 5.76. The van der Waals surface area contributed by atoms with Gasteiger partial charge in [0, 0.05) is 23.4 Å². The van der Waals surface area contributed by atoms with E-state index in [2.05, 4.69) is 20.6 Å². The van der Waals surface area contributed by atoms with Gasteiger partial charge in [0.2, 0.25) is 5.91 Å². The van der Waals surface area contributed by atoms with Crippen LogP contribution in [0.25, 0.3) is 10.9 Å². The number of carbonyl (C=O) groups is 2. The van der Waals surface area contributed by atoms with Crippen molar-refractivity contribution >= 4 is 28.4 Å². The summed E-state index contributed by atoms with van der Waals surface area (Å²) in [6, 6.07) is 7.02. The van der Waals surface area contributed by atoms with Gasteiger partial charge in [-0.3, -0.25) is 14.3 Å². The Hall–Kier alpha value is -4.08. The first kappa shape index (κ1) is 20.8. The minimum atomic E-state index is -0.735. The van der Waals surface area contributed by atoms with Gasteiger partial charge in [0.05, 0.1) is 34.7 Å². The number of nitrogens with one attached hydrogen (secondary N) is 1. The third-order valence-corrected chi connectivity index (χ3v) is 5.76. The summed E-state index contributed by atoms with van der Waals surface area (Å²) >= 11 is 0. The Morgan fingerprint density at radius 2 is 2.03 bits per heavy atom. The fourth-order valence-corrected chi connectivity index (χ4v) is 3.85. The molecule has 33 heavy (non-hydrogen) atoms. The molecule has 3 heterocycles. The molecule has 2 amide bonds. The number of hydrogen-bond acceptors (Lipinski definition) is 6. The molecule has 4 aromatic rings. The zero-order chi connectivity index (χ0) is 23.3. The van der Waals surface area contributed by atoms with Crippen molar-refractivity contribution in [2.45, 2.75) is 39.2 Å². The number of benzene rings is 1. The predicted molar refractivity (Wildman–Crippen MR) is 117 cm³/mol. The Morgan fingerprint density at radius 3 is 2.76 bits per heavy atom. The Balaban J connectivity index is 1.42. The van der Waals surface area contributed by atoms with Gasteiger partial charge in [-0.25, -0.2) is 9.37 Å². The Bertz CT molecular complexity index is 1420. The molecular formula is C23H21FN6O3. The number of nitrogens with two attached hydrogens (primary N) is 1. The number of anilines is 1. The summed E-state index contributed by atoms with van der Waals surface area (Å²) in [6.07, 6.45) is 2.25. The molecule has 0 atom stereocenters. The van der Waals surface area contributed by atoms with Crippen molar-refractivity contribution in [2.24, 2.45) is 5.73 Å². The van der Waals surface area contributed by atoms with Gasteiger partial charge >= 0.3 is 0 Å². The van der Waals surface area contributed by atoms with Crippen LogP contribution in [0.3, 0.4) is 0 Å². The maximum absolute atomic E-state index is 13.7. The highest BCUT2D eigenvalue weighted by atomic mass is 19.1. The van der Waals surface area contributed by atoms with Crippen LogP contribution in [0, 0.1) is 19.7 Å². The molecule has 10 heteroatoms. The lowest BCUT2D eigenvalue weighted by Crippen LogP contribution is -2.18. The minimum absolute atomic E-state index is 0.0565. The molecule has 168 valence electrons. The molecule has 3 aromatic heterocycles. The van der Waals surface area contributed by atoms with Crippen molar-refractivity contribution in [1.29, 1.82) is 0 Å². The second-order valence-electron chi connectivity index (χ2n) is 8.23. The van der Waals surface area contributed by atoms with Crippen LogP contribution in [0.4, 0.5) is 10.1 Å². The normalized spacial score (nSPS) is 13.4. The lowest BCUT2D eigenvalue weighted by atomic mass is 10.1. The van der Waals surface area contributed by atoms with Crippen molar-refractivity contribution in [1.82, 2.24) is 19.9 Å². The summed E-state index contributed by atoms with van der Waals surface area (Å²) in [6.45, 7) is 4.00. The SMILES string of the molecule is Cc1nn(Cc2cc(C3CC3)on2)c(C)c1NC(=O)c1cc(C(N)=O)c2ccc(F)cc2n1. The van der Waals surface area contributed by atoms with E-state index < -0.39 is 17.6 Å². The maximum Gasteiger partial charge on any atom is 0.274 e. The smallest absolute Gasteiger partial charge is 0.274 e. The van der Waals surface area contributed by atoms with E-state index in [1.807, 2.05) is 13.0 Å². The number of hydrogen-bond donors (Lipinski definition) is 2. The average Bonchev–Trinajstić information content (AvgIpc) is 3.47. The van der Waals surface area contributed by atoms with Crippen LogP contribution < -0.4 is 11.1 Å². The standard InChI is InChI=1S/C23H21FN6O3/c1-11-21(12(2)30(28-11)10-15-8-20(33-29-15)13-3-4-13)27-23(32)19-9-17(22(25)31)16-6-5-14(24)7-18(16)26-19/h5-9,13H,3-4,10H2,1-2H3,(H2,25,31)(H,27,32). The number of nitrogens with zero attached hydrogens (tertiary/aromatic N) is 4. The van der Waals surface area contributed by atoms with Crippen LogP contribution >= 0.6 is 0 Å². The predicted octanol–water partition coefficient (Wildman–Crippen LogP) is 3.45. The van der Waals surface area contributed by atoms with Crippen molar-refractivity contribution in [2.75, 3.05) is 5.32 Å². The number of primary amides is 1. The lowest BCUT2D eigenvalue weighted by Gasteiger charge is -2.09. The molecule has 1 fully saturated rings. The molecule has 1 aliphatic rings. The molecule has 0 bridgehead atoms. The van der Waals surface area contributed by atoms with Crippen LogP contribution in [0.5, 0.6) is 0 Å². The zero-order valence-electron chi connectivity index (χ0n) is 18.1. The number of rotatable bonds is 6. The van der Waals surface area contributed by atoms with Crippen molar-refractivity contribution in [3.63, 3.8) is 0 Å². The summed E-state index contributed by atoms with van der Waals surface area (Å²) in [5, 5.41) is 11.8. The molecule has 1 saturated carbocycles. The molecule has 3 N–H and O–H groups in total. The van der Waals surface area contributed by atoms with Gasteiger partial charge in [0.25, 0.3) is 5.91 Å². The van der Waals surface area contributed by atoms with E-state index in [-0.39, 0.29) is 16.8 Å². The number of fused-ring (bicyclic) bond motifs is 1. The summed E-state index contributed by atoms with van der Waals surface area (Å²) in [5.74, 6) is -0.471. The van der Waals surface area contributed by atoms with Gasteiger partial charge in [-0.2, -0.15) is 5.10 Å². The van der Waals surface area contributed by atoms with E-state index in [1.54, 1.807) is 11.6 Å². The number of aryl methyl sites for hydroxylation is 1.